The summed E-state index contributed by atoms with van der Waals surface area (Å²) in [5, 5.41) is 4.21. The maximum Gasteiger partial charge on any atom is 0.289 e. The minimum absolute atomic E-state index is 0.354. The third-order valence-corrected chi connectivity index (χ3v) is 4.68. The molecule has 0 saturated heterocycles. The molecule has 0 N–H and O–H groups in total. The minimum atomic E-state index is -0.456. The summed E-state index contributed by atoms with van der Waals surface area (Å²) >= 11 is 0. The summed E-state index contributed by atoms with van der Waals surface area (Å²) in [6, 6.07) is 18.3. The number of rotatable bonds is 3. The normalized spacial score (nSPS) is 13.3. The summed E-state index contributed by atoms with van der Waals surface area (Å²) in [6.07, 6.45) is 0.573. The van der Waals surface area contributed by atoms with E-state index < -0.39 is 11.7 Å². The highest BCUT2D eigenvalue weighted by Gasteiger charge is 2.28. The maximum atomic E-state index is 12.0. The van der Waals surface area contributed by atoms with Gasteiger partial charge in [0.05, 0.1) is 6.54 Å². The molecule has 2 heterocycles. The molecule has 5 nitrogen and oxygen atoms in total. The van der Waals surface area contributed by atoms with E-state index in [9.17, 15) is 9.59 Å². The van der Waals surface area contributed by atoms with Gasteiger partial charge in [-0.15, -0.1) is 0 Å². The first-order chi connectivity index (χ1) is 12.6. The van der Waals surface area contributed by atoms with Crippen molar-refractivity contribution in [2.45, 2.75) is 19.9 Å². The van der Waals surface area contributed by atoms with Gasteiger partial charge in [-0.3, -0.25) is 9.59 Å². The fraction of sp³-hybridized carbons (Fsp3) is 0.190. The fourth-order valence-corrected chi connectivity index (χ4v) is 3.28. The monoisotopic (exact) mass is 346 g/mol. The molecule has 0 fully saturated rings. The zero-order valence-electron chi connectivity index (χ0n) is 14.4. The van der Waals surface area contributed by atoms with Crippen molar-refractivity contribution in [2.24, 2.45) is 0 Å². The zero-order chi connectivity index (χ0) is 18.1. The molecule has 26 heavy (non-hydrogen) atoms. The lowest BCUT2D eigenvalue weighted by Crippen LogP contribution is -2.39. The van der Waals surface area contributed by atoms with Crippen LogP contribution in [-0.4, -0.2) is 28.3 Å². The largest absolute Gasteiger partial charge is 0.360 e. The van der Waals surface area contributed by atoms with Crippen molar-refractivity contribution >= 4 is 11.7 Å². The van der Waals surface area contributed by atoms with E-state index >= 15 is 0 Å². The quantitative estimate of drug-likeness (QED) is 0.681. The first kappa shape index (κ1) is 16.3. The van der Waals surface area contributed by atoms with Crippen LogP contribution in [0.1, 0.15) is 18.2 Å². The van der Waals surface area contributed by atoms with Gasteiger partial charge in [0.2, 0.25) is 5.78 Å². The second-order valence-corrected chi connectivity index (χ2v) is 6.41. The summed E-state index contributed by atoms with van der Waals surface area (Å²) in [6.45, 7) is 2.13. The molecule has 0 atom stereocenters. The van der Waals surface area contributed by atoms with Gasteiger partial charge in [0.15, 0.2) is 0 Å². The van der Waals surface area contributed by atoms with E-state index in [2.05, 4.69) is 17.3 Å². The van der Waals surface area contributed by atoms with Gasteiger partial charge in [-0.2, -0.15) is 0 Å². The highest BCUT2D eigenvalue weighted by Crippen LogP contribution is 2.31. The van der Waals surface area contributed by atoms with E-state index in [1.54, 1.807) is 4.90 Å². The van der Waals surface area contributed by atoms with E-state index in [0.717, 1.165) is 33.7 Å². The predicted octanol–water partition coefficient (Wildman–Crippen LogP) is 3.48. The number of nitrogens with zero attached hydrogens (tertiary/aromatic N) is 2. The molecule has 4 rings (SSSR count). The van der Waals surface area contributed by atoms with Crippen molar-refractivity contribution < 1.29 is 14.1 Å². The zero-order valence-corrected chi connectivity index (χ0v) is 14.4. The van der Waals surface area contributed by atoms with Crippen molar-refractivity contribution in [2.75, 3.05) is 6.54 Å². The Kier molecular flexibility index (Phi) is 4.13. The van der Waals surface area contributed by atoms with Crippen LogP contribution in [0.15, 0.2) is 59.1 Å². The number of hydrogen-bond donors (Lipinski definition) is 0. The highest BCUT2D eigenvalue weighted by atomic mass is 16.5. The molecule has 1 aromatic heterocycles. The van der Waals surface area contributed by atoms with Crippen LogP contribution in [-0.2, 0) is 22.6 Å². The number of fused-ring (bicyclic) bond motifs is 1. The van der Waals surface area contributed by atoms with Gasteiger partial charge in [0.1, 0.15) is 11.5 Å². The van der Waals surface area contributed by atoms with Gasteiger partial charge in [-0.05, 0) is 11.1 Å². The Morgan fingerprint density at radius 2 is 1.62 bits per heavy atom. The minimum Gasteiger partial charge on any atom is -0.360 e. The van der Waals surface area contributed by atoms with E-state index in [0.29, 0.717) is 19.5 Å². The van der Waals surface area contributed by atoms with Crippen LogP contribution >= 0.6 is 0 Å². The van der Waals surface area contributed by atoms with Crippen molar-refractivity contribution in [3.63, 3.8) is 0 Å². The molecule has 0 unspecified atom stereocenters. The summed E-state index contributed by atoms with van der Waals surface area (Å²) in [5.74, 6) is -0.111. The molecule has 0 bridgehead atoms. The number of carbonyl (C=O) groups is 2. The van der Waals surface area contributed by atoms with E-state index in [1.807, 2.05) is 42.5 Å². The Morgan fingerprint density at radius 1 is 0.962 bits per heavy atom. The van der Waals surface area contributed by atoms with Crippen LogP contribution in [0.25, 0.3) is 22.4 Å². The second kappa shape index (κ2) is 6.59. The number of Topliss-reactive ketones (excluding diaryl/α,β-unsaturated/α-hetero) is 1. The first-order valence-electron chi connectivity index (χ1n) is 8.56. The van der Waals surface area contributed by atoms with E-state index in [4.69, 9.17) is 4.52 Å². The second-order valence-electron chi connectivity index (χ2n) is 6.41. The van der Waals surface area contributed by atoms with Crippen molar-refractivity contribution in [1.82, 2.24) is 10.1 Å². The van der Waals surface area contributed by atoms with Gasteiger partial charge in [-0.25, -0.2) is 0 Å². The van der Waals surface area contributed by atoms with Crippen LogP contribution < -0.4 is 0 Å². The topological polar surface area (TPSA) is 63.4 Å². The van der Waals surface area contributed by atoms with Crippen molar-refractivity contribution in [1.29, 1.82) is 0 Å². The summed E-state index contributed by atoms with van der Waals surface area (Å²) in [7, 11) is 0. The van der Waals surface area contributed by atoms with E-state index in [-0.39, 0.29) is 0 Å². The number of amides is 1. The average Bonchev–Trinajstić information content (AvgIpc) is 3.11. The van der Waals surface area contributed by atoms with E-state index in [1.165, 1.54) is 6.92 Å². The molecule has 0 radical (unpaired) electrons. The summed E-state index contributed by atoms with van der Waals surface area (Å²) in [5.41, 5.74) is 4.84. The highest BCUT2D eigenvalue weighted by molar-refractivity contribution is 6.35. The van der Waals surface area contributed by atoms with Crippen LogP contribution in [0, 0.1) is 0 Å². The molecule has 0 saturated carbocycles. The van der Waals surface area contributed by atoms with Crippen molar-refractivity contribution in [3.05, 3.63) is 65.9 Å². The molecule has 1 aliphatic rings. The lowest BCUT2D eigenvalue weighted by molar-refractivity contribution is -0.144. The lowest BCUT2D eigenvalue weighted by atomic mass is 9.98. The molecule has 1 amide bonds. The van der Waals surface area contributed by atoms with Crippen molar-refractivity contribution in [3.8, 4) is 22.4 Å². The van der Waals surface area contributed by atoms with Gasteiger partial charge in [0, 0.05) is 31.0 Å². The number of aromatic nitrogens is 1. The summed E-state index contributed by atoms with van der Waals surface area (Å²) < 4.78 is 5.47. The van der Waals surface area contributed by atoms with Gasteiger partial charge < -0.3 is 9.42 Å². The van der Waals surface area contributed by atoms with Crippen LogP contribution in [0.3, 0.4) is 0 Å². The molecule has 3 aromatic rings. The average molecular weight is 346 g/mol. The third kappa shape index (κ3) is 2.92. The number of hydrogen-bond acceptors (Lipinski definition) is 4. The molecule has 0 aliphatic carbocycles. The number of ketones is 1. The van der Waals surface area contributed by atoms with Gasteiger partial charge in [-0.1, -0.05) is 59.8 Å². The smallest absolute Gasteiger partial charge is 0.289 e. The Bertz CT molecular complexity index is 959. The summed E-state index contributed by atoms with van der Waals surface area (Å²) in [4.78, 5) is 25.0. The fourth-order valence-electron chi connectivity index (χ4n) is 3.28. The Morgan fingerprint density at radius 3 is 2.31 bits per heavy atom. The van der Waals surface area contributed by atoms with Crippen LogP contribution in [0.2, 0.25) is 0 Å². The number of carbonyl (C=O) groups excluding carboxylic acids is 2. The predicted molar refractivity (Wildman–Crippen MR) is 97.2 cm³/mol. The molecule has 1 aliphatic heterocycles. The molecule has 5 heteroatoms. The molecule has 0 spiro atoms. The maximum absolute atomic E-state index is 12.0. The van der Waals surface area contributed by atoms with Crippen LogP contribution in [0.4, 0.5) is 0 Å². The Hall–Kier alpha value is -3.21. The lowest BCUT2D eigenvalue weighted by Gasteiger charge is -2.25. The van der Waals surface area contributed by atoms with Crippen LogP contribution in [0.5, 0.6) is 0 Å². The molecular weight excluding hydrogens is 328 g/mol. The Labute approximate surface area is 151 Å². The van der Waals surface area contributed by atoms with Gasteiger partial charge >= 0.3 is 0 Å². The molecule has 2 aromatic carbocycles. The molecule has 130 valence electrons. The molecular formula is C21H18N2O3. The first-order valence-corrected chi connectivity index (χ1v) is 8.56. The SMILES string of the molecule is CC(=O)C(=O)N1CCc2onc(-c3ccc(-c4ccccc4)cc3)c2C1. The third-order valence-electron chi connectivity index (χ3n) is 4.68. The van der Waals surface area contributed by atoms with Gasteiger partial charge in [0.25, 0.3) is 5.91 Å². The standard InChI is InChI=1S/C21H18N2O3/c1-14(24)21(25)23-12-11-19-18(13-23)20(22-26-19)17-9-7-16(8-10-17)15-5-3-2-4-6-15/h2-10H,11-13H2,1H3. The Balaban J connectivity index is 1.63. The number of benzene rings is 2.